The minimum Gasteiger partial charge on any atom is -0.356 e. The molecule has 0 N–H and O–H groups in total. The first-order valence-corrected chi connectivity index (χ1v) is 9.38. The van der Waals surface area contributed by atoms with Crippen LogP contribution >= 0.6 is 44.2 Å². The van der Waals surface area contributed by atoms with Crippen LogP contribution in [0.1, 0.15) is 34.2 Å². The van der Waals surface area contributed by atoms with Crippen molar-refractivity contribution in [2.75, 3.05) is 6.61 Å². The number of fused-ring (bicyclic) bond motifs is 2. The van der Waals surface area contributed by atoms with Crippen LogP contribution in [0.5, 0.6) is 0 Å². The van der Waals surface area contributed by atoms with Crippen LogP contribution in [-0.4, -0.2) is 38.0 Å². The third kappa shape index (κ3) is 2.49. The van der Waals surface area contributed by atoms with Crippen molar-refractivity contribution >= 4 is 53.9 Å². The Morgan fingerprint density at radius 3 is 2.86 bits per heavy atom. The molecule has 1 aromatic heterocycles. The van der Waals surface area contributed by atoms with Crippen molar-refractivity contribution in [3.05, 3.63) is 27.7 Å². The molecule has 2 atom stereocenters. The number of carbonyl (C=O) groups excluding carboxylic acids is 2. The second kappa shape index (κ2) is 6.14. The van der Waals surface area contributed by atoms with Gasteiger partial charge in [0.05, 0.1) is 18.7 Å². The van der Waals surface area contributed by atoms with Crippen LogP contribution < -0.4 is 5.43 Å². The molecule has 2 aliphatic rings. The third-order valence-electron chi connectivity index (χ3n) is 3.95. The molecule has 2 aliphatic heterocycles. The molecule has 22 heavy (non-hydrogen) atoms. The molecule has 1 saturated heterocycles. The van der Waals surface area contributed by atoms with E-state index < -0.39 is 5.43 Å². The number of amides is 1. The molecule has 9 heteroatoms. The van der Waals surface area contributed by atoms with Crippen LogP contribution in [0.25, 0.3) is 0 Å². The minimum absolute atomic E-state index is 0.0256. The van der Waals surface area contributed by atoms with Gasteiger partial charge in [0.25, 0.3) is 5.91 Å². The van der Waals surface area contributed by atoms with Crippen LogP contribution in [0.2, 0.25) is 0 Å². The van der Waals surface area contributed by atoms with E-state index in [4.69, 9.17) is 15.4 Å². The number of pyridine rings is 1. The number of carbonyl (C=O) groups is 2. The predicted molar refractivity (Wildman–Crippen MR) is 90.8 cm³/mol. The van der Waals surface area contributed by atoms with Crippen molar-refractivity contribution in [2.24, 2.45) is 0 Å². The Kier molecular flexibility index (Phi) is 4.54. The number of hydrogen-bond donors (Lipinski definition) is 0. The largest absolute Gasteiger partial charge is 0.356 e. The van der Waals surface area contributed by atoms with E-state index in [2.05, 4.69) is 0 Å². The lowest BCUT2D eigenvalue weighted by Crippen LogP contribution is -2.57. The van der Waals surface area contributed by atoms with Gasteiger partial charge in [-0.3, -0.25) is 14.4 Å². The molecule has 0 radical (unpaired) electrons. The van der Waals surface area contributed by atoms with Gasteiger partial charge in [-0.05, 0) is 35.0 Å². The Bertz CT molecular complexity index is 723. The molecule has 118 valence electrons. The lowest BCUT2D eigenvalue weighted by atomic mass is 10.1. The van der Waals surface area contributed by atoms with Crippen molar-refractivity contribution in [1.29, 1.82) is 0 Å². The van der Waals surface area contributed by atoms with E-state index in [-0.39, 0.29) is 38.1 Å². The number of halogens is 2. The fourth-order valence-corrected chi connectivity index (χ4v) is 4.13. The smallest absolute Gasteiger partial charge is 0.274 e. The molecular formula is C13H12ClIN2O4S. The normalized spacial score (nSPS) is 24.0. The quantitative estimate of drug-likeness (QED) is 0.507. The monoisotopic (exact) mass is 454 g/mol. The van der Waals surface area contributed by atoms with Crippen molar-refractivity contribution in [3.8, 4) is 0 Å². The predicted octanol–water partition coefficient (Wildman–Crippen LogP) is 2.26. The summed E-state index contributed by atoms with van der Waals surface area (Å²) in [6, 6.07) is 0.0363. The SMILES string of the molecule is C[C@@H]1CCOC2Cn3cc(C(=O)I)c(=O)c(SCl)c3C(=O)N21. The van der Waals surface area contributed by atoms with Crippen molar-refractivity contribution in [2.45, 2.75) is 37.1 Å². The van der Waals surface area contributed by atoms with E-state index in [0.717, 1.165) is 6.42 Å². The molecule has 0 bridgehead atoms. The molecule has 1 unspecified atom stereocenters. The first kappa shape index (κ1) is 16.3. The van der Waals surface area contributed by atoms with Gasteiger partial charge in [0.1, 0.15) is 10.6 Å². The lowest BCUT2D eigenvalue weighted by molar-refractivity contribution is -0.112. The zero-order valence-corrected chi connectivity index (χ0v) is 15.3. The average molecular weight is 455 g/mol. The molecule has 6 nitrogen and oxygen atoms in total. The second-order valence-corrected chi connectivity index (χ2v) is 7.23. The van der Waals surface area contributed by atoms with Gasteiger partial charge in [0, 0.05) is 34.8 Å². The molecule has 1 fully saturated rings. The van der Waals surface area contributed by atoms with E-state index in [9.17, 15) is 14.4 Å². The van der Waals surface area contributed by atoms with Gasteiger partial charge in [-0.1, -0.05) is 0 Å². The summed E-state index contributed by atoms with van der Waals surface area (Å²) in [4.78, 5) is 38.5. The van der Waals surface area contributed by atoms with Gasteiger partial charge in [-0.25, -0.2) is 0 Å². The molecule has 0 spiro atoms. The summed E-state index contributed by atoms with van der Waals surface area (Å²) in [5.41, 5.74) is -0.236. The average Bonchev–Trinajstić information content (AvgIpc) is 2.47. The summed E-state index contributed by atoms with van der Waals surface area (Å²) in [5.74, 6) is -0.281. The van der Waals surface area contributed by atoms with Gasteiger partial charge >= 0.3 is 0 Å². The first-order chi connectivity index (χ1) is 10.5. The Labute approximate surface area is 148 Å². The Hall–Kier alpha value is -0.580. The number of hydrogen-bond acceptors (Lipinski definition) is 5. The molecule has 1 aromatic rings. The highest BCUT2D eigenvalue weighted by Gasteiger charge is 2.40. The topological polar surface area (TPSA) is 68.6 Å². The zero-order valence-electron chi connectivity index (χ0n) is 11.5. The van der Waals surface area contributed by atoms with Crippen LogP contribution in [0.3, 0.4) is 0 Å². The number of aromatic nitrogens is 1. The van der Waals surface area contributed by atoms with Crippen molar-refractivity contribution in [1.82, 2.24) is 9.47 Å². The molecule has 1 amide bonds. The molecule has 3 rings (SSSR count). The highest BCUT2D eigenvalue weighted by atomic mass is 127. The Morgan fingerprint density at radius 1 is 1.50 bits per heavy atom. The van der Waals surface area contributed by atoms with E-state index in [1.165, 1.54) is 6.20 Å². The fraction of sp³-hybridized carbons (Fsp3) is 0.462. The maximum Gasteiger partial charge on any atom is 0.274 e. The van der Waals surface area contributed by atoms with Crippen LogP contribution in [0.4, 0.5) is 0 Å². The van der Waals surface area contributed by atoms with Gasteiger partial charge in [-0.2, -0.15) is 0 Å². The zero-order chi connectivity index (χ0) is 16.0. The van der Waals surface area contributed by atoms with E-state index in [0.29, 0.717) is 24.1 Å². The second-order valence-electron chi connectivity index (χ2n) is 5.23. The summed E-state index contributed by atoms with van der Waals surface area (Å²) >= 11 is 1.56. The lowest BCUT2D eigenvalue weighted by Gasteiger charge is -2.44. The van der Waals surface area contributed by atoms with Crippen molar-refractivity contribution < 1.29 is 14.3 Å². The summed E-state index contributed by atoms with van der Waals surface area (Å²) < 4.78 is 6.90. The van der Waals surface area contributed by atoms with Crippen LogP contribution in [-0.2, 0) is 11.3 Å². The minimum atomic E-state index is -0.497. The number of ether oxygens (including phenoxy) is 1. The molecule has 0 aromatic carbocycles. The maximum atomic E-state index is 12.8. The third-order valence-corrected chi connectivity index (χ3v) is 5.52. The Morgan fingerprint density at radius 2 is 2.23 bits per heavy atom. The summed E-state index contributed by atoms with van der Waals surface area (Å²) in [6.07, 6.45) is 1.80. The first-order valence-electron chi connectivity index (χ1n) is 6.65. The number of nitrogens with zero attached hydrogens (tertiary/aromatic N) is 2. The standard InChI is InChI=1S/C13H12ClIN2O4S/c1-6-2-3-21-8-5-16-4-7(12(15)19)10(18)11(22-14)9(16)13(20)17(6)8/h4,6,8H,2-3,5H2,1H3/t6-,8?/m1/s1. The fourth-order valence-electron chi connectivity index (χ4n) is 2.85. The van der Waals surface area contributed by atoms with Gasteiger partial charge < -0.3 is 14.2 Å². The van der Waals surface area contributed by atoms with Gasteiger partial charge in [-0.15, -0.1) is 0 Å². The van der Waals surface area contributed by atoms with Crippen LogP contribution in [0, 0.1) is 0 Å². The molecule has 0 aliphatic carbocycles. The molecular weight excluding hydrogens is 443 g/mol. The molecule has 3 heterocycles. The summed E-state index contributed by atoms with van der Waals surface area (Å²) in [7, 11) is 6.49. The van der Waals surface area contributed by atoms with E-state index >= 15 is 0 Å². The molecule has 0 saturated carbocycles. The summed E-state index contributed by atoms with van der Waals surface area (Å²) in [5, 5.41) is 0. The van der Waals surface area contributed by atoms with E-state index in [1.807, 2.05) is 6.92 Å². The maximum absolute atomic E-state index is 12.8. The van der Waals surface area contributed by atoms with E-state index in [1.54, 1.807) is 32.1 Å². The highest BCUT2D eigenvalue weighted by molar-refractivity contribution is 14.1. The van der Waals surface area contributed by atoms with Crippen LogP contribution in [0.15, 0.2) is 15.9 Å². The Balaban J connectivity index is 2.21. The summed E-state index contributed by atoms with van der Waals surface area (Å²) in [6.45, 7) is 2.92. The number of rotatable bonds is 2. The van der Waals surface area contributed by atoms with Gasteiger partial charge in [0.2, 0.25) is 9.22 Å². The highest BCUT2D eigenvalue weighted by Crippen LogP contribution is 2.32. The van der Waals surface area contributed by atoms with Crippen molar-refractivity contribution in [3.63, 3.8) is 0 Å². The van der Waals surface area contributed by atoms with Gasteiger partial charge in [0.15, 0.2) is 6.23 Å².